The monoisotopic (exact) mass is 219 g/mol. The molecular formula is C13H17NO2. The molecule has 0 saturated carbocycles. The van der Waals surface area contributed by atoms with Crippen LogP contribution in [-0.2, 0) is 0 Å². The molecule has 0 aliphatic rings. The zero-order valence-electron chi connectivity index (χ0n) is 9.99. The van der Waals surface area contributed by atoms with Crippen molar-refractivity contribution in [1.29, 1.82) is 5.26 Å². The first-order chi connectivity index (χ1) is 7.67. The van der Waals surface area contributed by atoms with Gasteiger partial charge in [0, 0.05) is 6.07 Å². The third-order valence-electron chi connectivity index (χ3n) is 2.26. The SMILES string of the molecule is COc1ccc(C#N)c(OCCC(C)C)c1. The zero-order valence-corrected chi connectivity index (χ0v) is 9.99. The van der Waals surface area contributed by atoms with Crippen molar-refractivity contribution >= 4 is 0 Å². The Hall–Kier alpha value is -1.69. The van der Waals surface area contributed by atoms with E-state index >= 15 is 0 Å². The second-order valence-corrected chi connectivity index (χ2v) is 4.00. The molecule has 1 aromatic carbocycles. The molecule has 3 nitrogen and oxygen atoms in total. The molecule has 0 aliphatic heterocycles. The molecule has 0 N–H and O–H groups in total. The maximum absolute atomic E-state index is 8.92. The summed E-state index contributed by atoms with van der Waals surface area (Å²) in [5.74, 6) is 1.90. The van der Waals surface area contributed by atoms with Gasteiger partial charge in [-0.25, -0.2) is 0 Å². The highest BCUT2D eigenvalue weighted by molar-refractivity contribution is 5.47. The Labute approximate surface area is 96.6 Å². The molecule has 1 rings (SSSR count). The molecular weight excluding hydrogens is 202 g/mol. The Kier molecular flexibility index (Phi) is 4.65. The number of nitrogens with zero attached hydrogens (tertiary/aromatic N) is 1. The molecule has 16 heavy (non-hydrogen) atoms. The Bertz CT molecular complexity index is 380. The summed E-state index contributed by atoms with van der Waals surface area (Å²) in [6.07, 6.45) is 0.974. The fourth-order valence-electron chi connectivity index (χ4n) is 1.25. The molecule has 0 aliphatic carbocycles. The molecule has 0 heterocycles. The Morgan fingerprint density at radius 1 is 1.38 bits per heavy atom. The van der Waals surface area contributed by atoms with Crippen LogP contribution in [0.2, 0.25) is 0 Å². The van der Waals surface area contributed by atoms with E-state index in [0.717, 1.165) is 6.42 Å². The number of rotatable bonds is 5. The van der Waals surface area contributed by atoms with Gasteiger partial charge in [0.25, 0.3) is 0 Å². The van der Waals surface area contributed by atoms with Gasteiger partial charge in [0.15, 0.2) is 0 Å². The third kappa shape index (κ3) is 3.47. The third-order valence-corrected chi connectivity index (χ3v) is 2.26. The summed E-state index contributed by atoms with van der Waals surface area (Å²) in [7, 11) is 1.60. The van der Waals surface area contributed by atoms with Crippen LogP contribution >= 0.6 is 0 Å². The average molecular weight is 219 g/mol. The summed E-state index contributed by atoms with van der Waals surface area (Å²) in [6, 6.07) is 7.32. The van der Waals surface area contributed by atoms with Crippen LogP contribution in [0.15, 0.2) is 18.2 Å². The molecule has 86 valence electrons. The molecule has 0 atom stereocenters. The van der Waals surface area contributed by atoms with Crippen LogP contribution in [0.1, 0.15) is 25.8 Å². The van der Waals surface area contributed by atoms with Crippen LogP contribution in [0, 0.1) is 17.2 Å². The van der Waals surface area contributed by atoms with Crippen LogP contribution in [0.25, 0.3) is 0 Å². The second kappa shape index (κ2) is 6.02. The number of ether oxygens (including phenoxy) is 2. The van der Waals surface area contributed by atoms with E-state index in [0.29, 0.717) is 29.6 Å². The van der Waals surface area contributed by atoms with Gasteiger partial charge in [0.2, 0.25) is 0 Å². The predicted octanol–water partition coefficient (Wildman–Crippen LogP) is 2.99. The van der Waals surface area contributed by atoms with E-state index in [4.69, 9.17) is 14.7 Å². The normalized spacial score (nSPS) is 9.94. The van der Waals surface area contributed by atoms with Gasteiger partial charge in [-0.1, -0.05) is 13.8 Å². The van der Waals surface area contributed by atoms with Gasteiger partial charge in [-0.3, -0.25) is 0 Å². The zero-order chi connectivity index (χ0) is 12.0. The van der Waals surface area contributed by atoms with Crippen LogP contribution in [0.5, 0.6) is 11.5 Å². The summed E-state index contributed by atoms with van der Waals surface area (Å²) in [5.41, 5.74) is 0.546. The minimum absolute atomic E-state index is 0.546. The highest BCUT2D eigenvalue weighted by Crippen LogP contribution is 2.24. The number of methoxy groups -OCH3 is 1. The topological polar surface area (TPSA) is 42.2 Å². The Balaban J connectivity index is 2.72. The largest absolute Gasteiger partial charge is 0.497 e. The molecule has 3 heteroatoms. The number of hydrogen-bond acceptors (Lipinski definition) is 3. The quantitative estimate of drug-likeness (QED) is 0.764. The summed E-state index contributed by atoms with van der Waals surface area (Å²) >= 11 is 0. The first kappa shape index (κ1) is 12.4. The molecule has 0 saturated heterocycles. The molecule has 0 fully saturated rings. The van der Waals surface area contributed by atoms with Gasteiger partial charge in [-0.2, -0.15) is 5.26 Å². The Morgan fingerprint density at radius 2 is 2.12 bits per heavy atom. The molecule has 0 amide bonds. The van der Waals surface area contributed by atoms with E-state index in [2.05, 4.69) is 19.9 Å². The lowest BCUT2D eigenvalue weighted by Crippen LogP contribution is -2.02. The van der Waals surface area contributed by atoms with E-state index < -0.39 is 0 Å². The van der Waals surface area contributed by atoms with Crippen LogP contribution < -0.4 is 9.47 Å². The van der Waals surface area contributed by atoms with Gasteiger partial charge in [0.1, 0.15) is 17.6 Å². The van der Waals surface area contributed by atoms with Crippen molar-refractivity contribution in [3.8, 4) is 17.6 Å². The van der Waals surface area contributed by atoms with Crippen molar-refractivity contribution in [1.82, 2.24) is 0 Å². The lowest BCUT2D eigenvalue weighted by Gasteiger charge is -2.10. The number of benzene rings is 1. The van der Waals surface area contributed by atoms with Crippen molar-refractivity contribution in [2.75, 3.05) is 13.7 Å². The fourth-order valence-corrected chi connectivity index (χ4v) is 1.25. The smallest absolute Gasteiger partial charge is 0.140 e. The molecule has 0 bridgehead atoms. The van der Waals surface area contributed by atoms with E-state index in [1.54, 1.807) is 25.3 Å². The van der Waals surface area contributed by atoms with E-state index in [-0.39, 0.29) is 0 Å². The van der Waals surface area contributed by atoms with Crippen LogP contribution in [-0.4, -0.2) is 13.7 Å². The standard InChI is InChI=1S/C13H17NO2/c1-10(2)6-7-16-13-8-12(15-3)5-4-11(13)9-14/h4-5,8,10H,6-7H2,1-3H3. The second-order valence-electron chi connectivity index (χ2n) is 4.00. The molecule has 0 radical (unpaired) electrons. The van der Waals surface area contributed by atoms with Crippen molar-refractivity contribution < 1.29 is 9.47 Å². The van der Waals surface area contributed by atoms with Crippen molar-refractivity contribution in [2.45, 2.75) is 20.3 Å². The molecule has 0 spiro atoms. The maximum Gasteiger partial charge on any atom is 0.140 e. The minimum Gasteiger partial charge on any atom is -0.497 e. The predicted molar refractivity (Wildman–Crippen MR) is 62.7 cm³/mol. The lowest BCUT2D eigenvalue weighted by atomic mass is 10.1. The summed E-state index contributed by atoms with van der Waals surface area (Å²) < 4.78 is 10.7. The highest BCUT2D eigenvalue weighted by Gasteiger charge is 2.05. The van der Waals surface area contributed by atoms with Crippen molar-refractivity contribution in [3.05, 3.63) is 23.8 Å². The van der Waals surface area contributed by atoms with Gasteiger partial charge >= 0.3 is 0 Å². The van der Waals surface area contributed by atoms with Crippen LogP contribution in [0.3, 0.4) is 0 Å². The number of hydrogen-bond donors (Lipinski definition) is 0. The van der Waals surface area contributed by atoms with Gasteiger partial charge in [-0.15, -0.1) is 0 Å². The summed E-state index contributed by atoms with van der Waals surface area (Å²) in [4.78, 5) is 0. The molecule has 0 aromatic heterocycles. The fraction of sp³-hybridized carbons (Fsp3) is 0.462. The van der Waals surface area contributed by atoms with Crippen molar-refractivity contribution in [3.63, 3.8) is 0 Å². The Morgan fingerprint density at radius 3 is 2.69 bits per heavy atom. The lowest BCUT2D eigenvalue weighted by molar-refractivity contribution is 0.287. The van der Waals surface area contributed by atoms with E-state index in [1.165, 1.54) is 0 Å². The van der Waals surface area contributed by atoms with Crippen LogP contribution in [0.4, 0.5) is 0 Å². The maximum atomic E-state index is 8.92. The van der Waals surface area contributed by atoms with Gasteiger partial charge in [-0.05, 0) is 24.5 Å². The van der Waals surface area contributed by atoms with Gasteiger partial charge in [0.05, 0.1) is 19.3 Å². The summed E-state index contributed by atoms with van der Waals surface area (Å²) in [5, 5.41) is 8.92. The number of nitriles is 1. The van der Waals surface area contributed by atoms with E-state index in [1.807, 2.05) is 0 Å². The van der Waals surface area contributed by atoms with E-state index in [9.17, 15) is 0 Å². The molecule has 0 unspecified atom stereocenters. The summed E-state index contributed by atoms with van der Waals surface area (Å²) in [6.45, 7) is 4.90. The minimum atomic E-state index is 0.546. The first-order valence-corrected chi connectivity index (χ1v) is 5.38. The average Bonchev–Trinajstić information content (AvgIpc) is 2.28. The van der Waals surface area contributed by atoms with Gasteiger partial charge < -0.3 is 9.47 Å². The molecule has 1 aromatic rings. The highest BCUT2D eigenvalue weighted by atomic mass is 16.5. The van der Waals surface area contributed by atoms with Crippen molar-refractivity contribution in [2.24, 2.45) is 5.92 Å². The first-order valence-electron chi connectivity index (χ1n) is 5.38.